The van der Waals surface area contributed by atoms with Gasteiger partial charge in [-0.2, -0.15) is 0 Å². The number of hydrogen-bond donors (Lipinski definition) is 1. The molecule has 5 rings (SSSR count). The van der Waals surface area contributed by atoms with Gasteiger partial charge in [0.05, 0.1) is 16.9 Å². The lowest BCUT2D eigenvalue weighted by Crippen LogP contribution is -2.46. The van der Waals surface area contributed by atoms with E-state index in [4.69, 9.17) is 4.42 Å². The second kappa shape index (κ2) is 7.76. The first-order chi connectivity index (χ1) is 14.7. The van der Waals surface area contributed by atoms with Gasteiger partial charge in [0.1, 0.15) is 5.82 Å². The molecule has 0 radical (unpaired) electrons. The molecule has 152 valence electrons. The van der Waals surface area contributed by atoms with Crippen LogP contribution in [0.2, 0.25) is 0 Å². The normalized spacial score (nSPS) is 15.0. The standard InChI is InChI=1S/C23H21FN4O2/c24-18-6-4-17(5-7-18)20-14-16(8-9-25-20)15-27-10-12-28(13-11-27)21-3-1-2-19-22(21)30-23(29)26-19/h1-9,14H,10-13,15H2,(H,26,29). The van der Waals surface area contributed by atoms with E-state index in [1.807, 2.05) is 24.3 Å². The number of nitrogens with one attached hydrogen (secondary N) is 1. The number of para-hydroxylation sites is 1. The highest BCUT2D eigenvalue weighted by Crippen LogP contribution is 2.26. The van der Waals surface area contributed by atoms with Crippen LogP contribution in [0, 0.1) is 5.82 Å². The topological polar surface area (TPSA) is 65.4 Å². The number of anilines is 1. The van der Waals surface area contributed by atoms with Crippen molar-refractivity contribution in [2.24, 2.45) is 0 Å². The van der Waals surface area contributed by atoms with Gasteiger partial charge in [-0.1, -0.05) is 6.07 Å². The van der Waals surface area contributed by atoms with E-state index in [-0.39, 0.29) is 5.82 Å². The number of hydrogen-bond acceptors (Lipinski definition) is 5. The van der Waals surface area contributed by atoms with Crippen LogP contribution in [-0.2, 0) is 6.54 Å². The first kappa shape index (κ1) is 18.6. The zero-order valence-corrected chi connectivity index (χ0v) is 16.3. The number of benzene rings is 2. The Labute approximate surface area is 172 Å². The third kappa shape index (κ3) is 3.71. The molecule has 30 heavy (non-hydrogen) atoms. The summed E-state index contributed by atoms with van der Waals surface area (Å²) in [7, 11) is 0. The van der Waals surface area contributed by atoms with Crippen LogP contribution in [0.4, 0.5) is 10.1 Å². The summed E-state index contributed by atoms with van der Waals surface area (Å²) in [6.45, 7) is 4.33. The lowest BCUT2D eigenvalue weighted by Gasteiger charge is -2.36. The number of rotatable bonds is 4. The van der Waals surface area contributed by atoms with Crippen LogP contribution in [0.15, 0.2) is 70.0 Å². The molecular formula is C23H21FN4O2. The lowest BCUT2D eigenvalue weighted by molar-refractivity contribution is 0.250. The summed E-state index contributed by atoms with van der Waals surface area (Å²) in [4.78, 5) is 23.3. The maximum Gasteiger partial charge on any atom is 0.417 e. The molecule has 0 bridgehead atoms. The van der Waals surface area contributed by atoms with E-state index in [0.29, 0.717) is 5.58 Å². The molecular weight excluding hydrogens is 383 g/mol. The minimum atomic E-state index is -0.425. The van der Waals surface area contributed by atoms with Gasteiger partial charge in [-0.3, -0.25) is 14.9 Å². The fraction of sp³-hybridized carbons (Fsp3) is 0.217. The summed E-state index contributed by atoms with van der Waals surface area (Å²) in [5, 5.41) is 0. The SMILES string of the molecule is O=c1[nH]c2cccc(N3CCN(Cc4ccnc(-c5ccc(F)cc5)c4)CC3)c2o1. The Kier molecular flexibility index (Phi) is 4.80. The van der Waals surface area contributed by atoms with Crippen LogP contribution in [0.3, 0.4) is 0 Å². The van der Waals surface area contributed by atoms with Gasteiger partial charge >= 0.3 is 5.76 Å². The maximum atomic E-state index is 13.2. The van der Waals surface area contributed by atoms with Crippen LogP contribution in [0.1, 0.15) is 5.56 Å². The Morgan fingerprint density at radius 3 is 2.63 bits per heavy atom. The van der Waals surface area contributed by atoms with Gasteiger partial charge in [0.2, 0.25) is 0 Å². The summed E-state index contributed by atoms with van der Waals surface area (Å²) in [5.41, 5.74) is 5.23. The van der Waals surface area contributed by atoms with Crippen LogP contribution in [0.25, 0.3) is 22.4 Å². The summed E-state index contributed by atoms with van der Waals surface area (Å²) >= 11 is 0. The van der Waals surface area contributed by atoms with Crippen molar-refractivity contribution in [3.8, 4) is 11.3 Å². The Morgan fingerprint density at radius 1 is 1.03 bits per heavy atom. The van der Waals surface area contributed by atoms with Crippen LogP contribution in [-0.4, -0.2) is 41.0 Å². The van der Waals surface area contributed by atoms with E-state index in [2.05, 4.69) is 25.8 Å². The summed E-state index contributed by atoms with van der Waals surface area (Å²) in [5.74, 6) is -0.673. The highest BCUT2D eigenvalue weighted by Gasteiger charge is 2.20. The molecule has 1 aliphatic heterocycles. The van der Waals surface area contributed by atoms with E-state index in [1.54, 1.807) is 18.3 Å². The van der Waals surface area contributed by atoms with Crippen molar-refractivity contribution in [1.29, 1.82) is 0 Å². The predicted molar refractivity (Wildman–Crippen MR) is 114 cm³/mol. The third-order valence-electron chi connectivity index (χ3n) is 5.51. The summed E-state index contributed by atoms with van der Waals surface area (Å²) in [6, 6.07) is 16.3. The Morgan fingerprint density at radius 2 is 1.83 bits per heavy atom. The molecule has 1 saturated heterocycles. The second-order valence-corrected chi connectivity index (χ2v) is 7.49. The number of H-pyrrole nitrogens is 1. The smallest absolute Gasteiger partial charge is 0.406 e. The zero-order chi connectivity index (χ0) is 20.5. The average Bonchev–Trinajstić information content (AvgIpc) is 3.15. The van der Waals surface area contributed by atoms with E-state index in [0.717, 1.165) is 55.2 Å². The highest BCUT2D eigenvalue weighted by atomic mass is 19.1. The van der Waals surface area contributed by atoms with E-state index < -0.39 is 5.76 Å². The number of aromatic nitrogens is 2. The monoisotopic (exact) mass is 404 g/mol. The number of aromatic amines is 1. The fourth-order valence-electron chi connectivity index (χ4n) is 3.96. The Bertz CT molecular complexity index is 1220. The molecule has 2 aromatic carbocycles. The quantitative estimate of drug-likeness (QED) is 0.563. The third-order valence-corrected chi connectivity index (χ3v) is 5.51. The Hall–Kier alpha value is -3.45. The minimum absolute atomic E-state index is 0.248. The molecule has 0 amide bonds. The van der Waals surface area contributed by atoms with Crippen LogP contribution >= 0.6 is 0 Å². The van der Waals surface area contributed by atoms with Gasteiger partial charge in [-0.25, -0.2) is 9.18 Å². The molecule has 0 atom stereocenters. The summed E-state index contributed by atoms with van der Waals surface area (Å²) in [6.07, 6.45) is 1.80. The first-order valence-corrected chi connectivity index (χ1v) is 9.96. The number of piperazine rings is 1. The van der Waals surface area contributed by atoms with Gasteiger partial charge in [0.25, 0.3) is 0 Å². The number of fused-ring (bicyclic) bond motifs is 1. The molecule has 1 N–H and O–H groups in total. The molecule has 3 heterocycles. The van der Waals surface area contributed by atoms with E-state index in [9.17, 15) is 9.18 Å². The first-order valence-electron chi connectivity index (χ1n) is 9.96. The average molecular weight is 404 g/mol. The lowest BCUT2D eigenvalue weighted by atomic mass is 10.1. The van der Waals surface area contributed by atoms with Crippen molar-refractivity contribution in [2.75, 3.05) is 31.1 Å². The van der Waals surface area contributed by atoms with Crippen LogP contribution in [0.5, 0.6) is 0 Å². The van der Waals surface area contributed by atoms with Crippen LogP contribution < -0.4 is 10.7 Å². The second-order valence-electron chi connectivity index (χ2n) is 7.49. The van der Waals surface area contributed by atoms with Gasteiger partial charge in [0, 0.05) is 44.5 Å². The fourth-order valence-corrected chi connectivity index (χ4v) is 3.96. The van der Waals surface area contributed by atoms with Crippen molar-refractivity contribution in [3.05, 3.63) is 82.7 Å². The van der Waals surface area contributed by atoms with Gasteiger partial charge < -0.3 is 9.32 Å². The molecule has 2 aromatic heterocycles. The molecule has 1 aliphatic rings. The minimum Gasteiger partial charge on any atom is -0.406 e. The molecule has 0 saturated carbocycles. The van der Waals surface area contributed by atoms with Crippen molar-refractivity contribution >= 4 is 16.8 Å². The number of halogens is 1. The van der Waals surface area contributed by atoms with E-state index in [1.165, 1.54) is 17.7 Å². The molecule has 0 unspecified atom stereocenters. The number of oxazole rings is 1. The van der Waals surface area contributed by atoms with Gasteiger partial charge in [-0.15, -0.1) is 0 Å². The predicted octanol–water partition coefficient (Wildman–Crippen LogP) is 3.64. The molecule has 0 spiro atoms. The number of nitrogens with zero attached hydrogens (tertiary/aromatic N) is 3. The molecule has 4 aromatic rings. The van der Waals surface area contributed by atoms with Gasteiger partial charge in [0.15, 0.2) is 5.58 Å². The molecule has 1 fully saturated rings. The number of pyridine rings is 1. The Balaban J connectivity index is 1.27. The maximum absolute atomic E-state index is 13.2. The molecule has 7 heteroatoms. The summed E-state index contributed by atoms with van der Waals surface area (Å²) < 4.78 is 18.5. The molecule has 0 aliphatic carbocycles. The highest BCUT2D eigenvalue weighted by molar-refractivity contribution is 5.86. The largest absolute Gasteiger partial charge is 0.417 e. The van der Waals surface area contributed by atoms with Crippen molar-refractivity contribution in [1.82, 2.24) is 14.9 Å². The van der Waals surface area contributed by atoms with Crippen molar-refractivity contribution in [2.45, 2.75) is 6.54 Å². The zero-order valence-electron chi connectivity index (χ0n) is 16.3. The van der Waals surface area contributed by atoms with Crippen molar-refractivity contribution in [3.63, 3.8) is 0 Å². The van der Waals surface area contributed by atoms with Crippen molar-refractivity contribution < 1.29 is 8.81 Å². The van der Waals surface area contributed by atoms with Gasteiger partial charge in [-0.05, 0) is 54.1 Å². The van der Waals surface area contributed by atoms with E-state index >= 15 is 0 Å². The molecule has 6 nitrogen and oxygen atoms in total.